The Labute approximate surface area is 115 Å². The van der Waals surface area contributed by atoms with Crippen molar-refractivity contribution in [2.24, 2.45) is 0 Å². The van der Waals surface area contributed by atoms with Gasteiger partial charge in [-0.3, -0.25) is 19.3 Å². The summed E-state index contributed by atoms with van der Waals surface area (Å²) in [7, 11) is 0. The maximum atomic E-state index is 12.2. The predicted octanol–water partition coefficient (Wildman–Crippen LogP) is -0.394. The Balaban J connectivity index is 1.97. The van der Waals surface area contributed by atoms with E-state index in [0.29, 0.717) is 31.7 Å². The molecule has 7 nitrogen and oxygen atoms in total. The molecule has 2 heterocycles. The van der Waals surface area contributed by atoms with Crippen LogP contribution < -0.4 is 5.56 Å². The van der Waals surface area contributed by atoms with Crippen molar-refractivity contribution in [3.05, 3.63) is 34.2 Å². The molecule has 1 amide bonds. The van der Waals surface area contributed by atoms with Gasteiger partial charge in [-0.05, 0) is 13.0 Å². The van der Waals surface area contributed by atoms with E-state index in [1.165, 1.54) is 18.3 Å². The van der Waals surface area contributed by atoms with Gasteiger partial charge in [0.15, 0.2) is 0 Å². The Morgan fingerprint density at radius 1 is 1.25 bits per heavy atom. The molecule has 1 aromatic rings. The molecule has 1 saturated heterocycles. The summed E-state index contributed by atoms with van der Waals surface area (Å²) in [6, 6.07) is 2.27. The number of carboxylic acids is 1. The molecule has 0 spiro atoms. The van der Waals surface area contributed by atoms with Crippen molar-refractivity contribution in [3.8, 4) is 0 Å². The number of nitrogens with one attached hydrogen (secondary N) is 1. The SMILES string of the molecule is CC(C(=O)O)N1CCN(C(=O)c2ccc(=O)[nH]c2)CC1. The number of hydrogen-bond acceptors (Lipinski definition) is 4. The number of carboxylic acid groups (broad SMARTS) is 1. The van der Waals surface area contributed by atoms with Crippen molar-refractivity contribution in [1.29, 1.82) is 0 Å². The molecular weight excluding hydrogens is 262 g/mol. The molecule has 0 saturated carbocycles. The summed E-state index contributed by atoms with van der Waals surface area (Å²) < 4.78 is 0. The fourth-order valence-electron chi connectivity index (χ4n) is 2.19. The highest BCUT2D eigenvalue weighted by molar-refractivity contribution is 5.93. The standard InChI is InChI=1S/C13H17N3O4/c1-9(13(19)20)15-4-6-16(7-5-15)12(18)10-2-3-11(17)14-8-10/h2-3,8-9H,4-7H2,1H3,(H,14,17)(H,19,20). The first-order valence-electron chi connectivity index (χ1n) is 6.44. The number of carbonyl (C=O) groups is 2. The second kappa shape index (κ2) is 5.87. The molecule has 0 radical (unpaired) electrons. The molecule has 20 heavy (non-hydrogen) atoms. The van der Waals surface area contributed by atoms with Gasteiger partial charge in [-0.2, -0.15) is 0 Å². The van der Waals surface area contributed by atoms with Crippen molar-refractivity contribution >= 4 is 11.9 Å². The van der Waals surface area contributed by atoms with E-state index in [1.54, 1.807) is 11.8 Å². The maximum Gasteiger partial charge on any atom is 0.320 e. The summed E-state index contributed by atoms with van der Waals surface area (Å²) in [6.07, 6.45) is 1.40. The van der Waals surface area contributed by atoms with Gasteiger partial charge in [-0.1, -0.05) is 0 Å². The van der Waals surface area contributed by atoms with E-state index >= 15 is 0 Å². The van der Waals surface area contributed by atoms with Crippen LogP contribution in [-0.2, 0) is 4.79 Å². The molecule has 1 fully saturated rings. The van der Waals surface area contributed by atoms with E-state index in [0.717, 1.165) is 0 Å². The van der Waals surface area contributed by atoms with Crippen molar-refractivity contribution in [3.63, 3.8) is 0 Å². The lowest BCUT2D eigenvalue weighted by Crippen LogP contribution is -2.53. The van der Waals surface area contributed by atoms with Crippen LogP contribution in [0.25, 0.3) is 0 Å². The Bertz CT molecular complexity index is 540. The van der Waals surface area contributed by atoms with Crippen LogP contribution in [0.2, 0.25) is 0 Å². The number of carbonyl (C=O) groups excluding carboxylic acids is 1. The predicted molar refractivity (Wildman–Crippen MR) is 71.6 cm³/mol. The van der Waals surface area contributed by atoms with Crippen LogP contribution in [0.1, 0.15) is 17.3 Å². The number of H-pyrrole nitrogens is 1. The van der Waals surface area contributed by atoms with E-state index in [4.69, 9.17) is 5.11 Å². The fraction of sp³-hybridized carbons (Fsp3) is 0.462. The molecule has 2 rings (SSSR count). The average Bonchev–Trinajstić information content (AvgIpc) is 2.46. The van der Waals surface area contributed by atoms with Crippen molar-refractivity contribution in [2.75, 3.05) is 26.2 Å². The maximum absolute atomic E-state index is 12.2. The molecule has 1 aromatic heterocycles. The van der Waals surface area contributed by atoms with Crippen LogP contribution in [0.15, 0.2) is 23.1 Å². The first kappa shape index (κ1) is 14.3. The monoisotopic (exact) mass is 279 g/mol. The van der Waals surface area contributed by atoms with Crippen molar-refractivity contribution in [2.45, 2.75) is 13.0 Å². The molecule has 1 atom stereocenters. The molecule has 1 aliphatic heterocycles. The third-order valence-corrected chi connectivity index (χ3v) is 3.54. The van der Waals surface area contributed by atoms with E-state index in [1.807, 2.05) is 4.90 Å². The molecule has 108 valence electrons. The molecule has 7 heteroatoms. The number of pyridine rings is 1. The molecular formula is C13H17N3O4. The highest BCUT2D eigenvalue weighted by atomic mass is 16.4. The van der Waals surface area contributed by atoms with Gasteiger partial charge in [0.25, 0.3) is 5.91 Å². The smallest absolute Gasteiger partial charge is 0.320 e. The van der Waals surface area contributed by atoms with Crippen molar-refractivity contribution in [1.82, 2.24) is 14.8 Å². The van der Waals surface area contributed by atoms with E-state index < -0.39 is 12.0 Å². The zero-order chi connectivity index (χ0) is 14.7. The lowest BCUT2D eigenvalue weighted by Gasteiger charge is -2.36. The van der Waals surface area contributed by atoms with Gasteiger partial charge in [0.05, 0.1) is 5.56 Å². The minimum atomic E-state index is -0.856. The van der Waals surface area contributed by atoms with Crippen LogP contribution >= 0.6 is 0 Å². The fourth-order valence-corrected chi connectivity index (χ4v) is 2.19. The number of piperazine rings is 1. The lowest BCUT2D eigenvalue weighted by molar-refractivity contribution is -0.143. The first-order valence-corrected chi connectivity index (χ1v) is 6.44. The average molecular weight is 279 g/mol. The molecule has 1 unspecified atom stereocenters. The highest BCUT2D eigenvalue weighted by Gasteiger charge is 2.27. The minimum absolute atomic E-state index is 0.149. The largest absolute Gasteiger partial charge is 0.480 e. The number of aliphatic carboxylic acids is 1. The summed E-state index contributed by atoms with van der Waals surface area (Å²) in [4.78, 5) is 40.0. The van der Waals surface area contributed by atoms with Crippen LogP contribution in [0.3, 0.4) is 0 Å². The Kier molecular flexibility index (Phi) is 4.19. The number of nitrogens with zero attached hydrogens (tertiary/aromatic N) is 2. The summed E-state index contributed by atoms with van der Waals surface area (Å²) in [6.45, 7) is 3.66. The number of aromatic amines is 1. The summed E-state index contributed by atoms with van der Waals surface area (Å²) in [5.41, 5.74) is 0.186. The lowest BCUT2D eigenvalue weighted by atomic mass is 10.2. The molecule has 0 bridgehead atoms. The van der Waals surface area contributed by atoms with Crippen molar-refractivity contribution < 1.29 is 14.7 Å². The molecule has 1 aliphatic rings. The Morgan fingerprint density at radius 2 is 1.90 bits per heavy atom. The Hall–Kier alpha value is -2.15. The highest BCUT2D eigenvalue weighted by Crippen LogP contribution is 2.09. The topological polar surface area (TPSA) is 93.7 Å². The van der Waals surface area contributed by atoms with Crippen LogP contribution in [0, 0.1) is 0 Å². The van der Waals surface area contributed by atoms with E-state index in [-0.39, 0.29) is 11.5 Å². The summed E-state index contributed by atoms with van der Waals surface area (Å²) in [5.74, 6) is -1.01. The van der Waals surface area contributed by atoms with Crippen LogP contribution in [0.4, 0.5) is 0 Å². The minimum Gasteiger partial charge on any atom is -0.480 e. The second-order valence-electron chi connectivity index (χ2n) is 4.78. The first-order chi connectivity index (χ1) is 9.49. The van der Waals surface area contributed by atoms with Crippen LogP contribution in [0.5, 0.6) is 0 Å². The number of rotatable bonds is 3. The number of amides is 1. The molecule has 0 aromatic carbocycles. The van der Waals surface area contributed by atoms with Gasteiger partial charge < -0.3 is 15.0 Å². The van der Waals surface area contributed by atoms with Gasteiger partial charge in [-0.15, -0.1) is 0 Å². The van der Waals surface area contributed by atoms with Gasteiger partial charge in [0.2, 0.25) is 5.56 Å². The quantitative estimate of drug-likeness (QED) is 0.785. The third kappa shape index (κ3) is 3.05. The summed E-state index contributed by atoms with van der Waals surface area (Å²) in [5, 5.41) is 8.96. The van der Waals surface area contributed by atoms with E-state index in [2.05, 4.69) is 4.98 Å². The zero-order valence-electron chi connectivity index (χ0n) is 11.2. The number of hydrogen-bond donors (Lipinski definition) is 2. The van der Waals surface area contributed by atoms with Gasteiger partial charge >= 0.3 is 5.97 Å². The van der Waals surface area contributed by atoms with Gasteiger partial charge in [-0.25, -0.2) is 0 Å². The molecule has 2 N–H and O–H groups in total. The zero-order valence-corrected chi connectivity index (χ0v) is 11.2. The van der Waals surface area contributed by atoms with Gasteiger partial charge in [0.1, 0.15) is 6.04 Å². The second-order valence-corrected chi connectivity index (χ2v) is 4.78. The van der Waals surface area contributed by atoms with E-state index in [9.17, 15) is 14.4 Å². The van der Waals surface area contributed by atoms with Gasteiger partial charge in [0, 0.05) is 38.4 Å². The number of aromatic nitrogens is 1. The Morgan fingerprint density at radius 3 is 2.40 bits per heavy atom. The third-order valence-electron chi connectivity index (χ3n) is 3.54. The summed E-state index contributed by atoms with van der Waals surface area (Å²) >= 11 is 0. The normalized spacial score (nSPS) is 17.8. The molecule has 0 aliphatic carbocycles. The van der Waals surface area contributed by atoms with Crippen LogP contribution in [-0.4, -0.2) is 64.0 Å².